The van der Waals surface area contributed by atoms with Crippen molar-refractivity contribution in [2.75, 3.05) is 26.2 Å². The SMILES string of the molecule is CCN(CC(=O)NCC1(c2ccc(F)cc2)CCCC1)CC(=O)NC(C)C. The largest absolute Gasteiger partial charge is 0.354 e. The summed E-state index contributed by atoms with van der Waals surface area (Å²) in [4.78, 5) is 26.2. The fourth-order valence-electron chi connectivity index (χ4n) is 3.80. The van der Waals surface area contributed by atoms with Crippen LogP contribution in [0, 0.1) is 5.82 Å². The molecule has 0 heterocycles. The number of rotatable bonds is 9. The summed E-state index contributed by atoms with van der Waals surface area (Å²) < 4.78 is 13.3. The van der Waals surface area contributed by atoms with Gasteiger partial charge in [-0.25, -0.2) is 4.39 Å². The van der Waals surface area contributed by atoms with Gasteiger partial charge in [0.05, 0.1) is 13.1 Å². The number of nitrogens with zero attached hydrogens (tertiary/aromatic N) is 1. The Morgan fingerprint density at radius 3 is 2.26 bits per heavy atom. The summed E-state index contributed by atoms with van der Waals surface area (Å²) >= 11 is 0. The highest BCUT2D eigenvalue weighted by Crippen LogP contribution is 2.40. The molecule has 0 bridgehead atoms. The first-order valence-electron chi connectivity index (χ1n) is 9.89. The number of benzene rings is 1. The van der Waals surface area contributed by atoms with E-state index in [0.717, 1.165) is 31.2 Å². The predicted molar refractivity (Wildman–Crippen MR) is 105 cm³/mol. The van der Waals surface area contributed by atoms with E-state index in [-0.39, 0.29) is 42.2 Å². The van der Waals surface area contributed by atoms with E-state index >= 15 is 0 Å². The van der Waals surface area contributed by atoms with Gasteiger partial charge in [0.1, 0.15) is 5.82 Å². The van der Waals surface area contributed by atoms with Gasteiger partial charge >= 0.3 is 0 Å². The maximum absolute atomic E-state index is 13.3. The number of amides is 2. The van der Waals surface area contributed by atoms with Crippen LogP contribution >= 0.6 is 0 Å². The summed E-state index contributed by atoms with van der Waals surface area (Å²) in [5.74, 6) is -0.394. The van der Waals surface area contributed by atoms with Gasteiger partial charge in [-0.15, -0.1) is 0 Å². The van der Waals surface area contributed by atoms with Crippen molar-refractivity contribution in [2.45, 2.75) is 57.9 Å². The van der Waals surface area contributed by atoms with Crippen LogP contribution in [0.1, 0.15) is 52.0 Å². The maximum Gasteiger partial charge on any atom is 0.234 e. The summed E-state index contributed by atoms with van der Waals surface area (Å²) in [7, 11) is 0. The number of halogens is 1. The van der Waals surface area contributed by atoms with Gasteiger partial charge in [0.2, 0.25) is 11.8 Å². The molecule has 0 radical (unpaired) electrons. The number of hydrogen-bond acceptors (Lipinski definition) is 3. The van der Waals surface area contributed by atoms with Crippen molar-refractivity contribution in [2.24, 2.45) is 0 Å². The van der Waals surface area contributed by atoms with E-state index in [1.165, 1.54) is 12.1 Å². The zero-order valence-corrected chi connectivity index (χ0v) is 16.7. The van der Waals surface area contributed by atoms with Crippen molar-refractivity contribution in [1.29, 1.82) is 0 Å². The Kier molecular flexibility index (Phi) is 7.78. The molecule has 2 amide bonds. The average molecular weight is 378 g/mol. The van der Waals surface area contributed by atoms with Crippen molar-refractivity contribution >= 4 is 11.8 Å². The molecule has 1 aliphatic carbocycles. The van der Waals surface area contributed by atoms with Crippen LogP contribution in [0.4, 0.5) is 4.39 Å². The molecule has 5 nitrogen and oxygen atoms in total. The highest BCUT2D eigenvalue weighted by atomic mass is 19.1. The van der Waals surface area contributed by atoms with Gasteiger partial charge in [0.25, 0.3) is 0 Å². The molecule has 0 spiro atoms. The van der Waals surface area contributed by atoms with Crippen LogP contribution in [0.25, 0.3) is 0 Å². The molecule has 1 saturated carbocycles. The molecule has 1 aromatic rings. The molecular weight excluding hydrogens is 345 g/mol. The minimum absolute atomic E-state index is 0.0711. The van der Waals surface area contributed by atoms with E-state index in [2.05, 4.69) is 10.6 Å². The van der Waals surface area contributed by atoms with Gasteiger partial charge in [-0.2, -0.15) is 0 Å². The number of carbonyl (C=O) groups is 2. The fourth-order valence-corrected chi connectivity index (χ4v) is 3.80. The highest BCUT2D eigenvalue weighted by Gasteiger charge is 2.36. The standard InChI is InChI=1S/C21H32FN3O2/c1-4-25(14-20(27)24-16(2)3)13-19(26)23-15-21(11-5-6-12-21)17-7-9-18(22)10-8-17/h7-10,16H,4-6,11-15H2,1-3H3,(H,23,26)(H,24,27). The Morgan fingerprint density at radius 1 is 1.11 bits per heavy atom. The van der Waals surface area contributed by atoms with Crippen LogP contribution in [0.2, 0.25) is 0 Å². The van der Waals surface area contributed by atoms with Crippen LogP contribution in [-0.2, 0) is 15.0 Å². The minimum Gasteiger partial charge on any atom is -0.354 e. The first kappa shape index (κ1) is 21.4. The second kappa shape index (κ2) is 9.83. The number of carbonyl (C=O) groups excluding carboxylic acids is 2. The summed E-state index contributed by atoms with van der Waals surface area (Å²) in [6.07, 6.45) is 4.22. The van der Waals surface area contributed by atoms with Crippen LogP contribution in [0.5, 0.6) is 0 Å². The van der Waals surface area contributed by atoms with E-state index in [1.54, 1.807) is 0 Å². The third kappa shape index (κ3) is 6.31. The molecule has 6 heteroatoms. The third-order valence-electron chi connectivity index (χ3n) is 5.27. The van der Waals surface area contributed by atoms with Gasteiger partial charge in [0, 0.05) is 18.0 Å². The molecule has 1 aromatic carbocycles. The lowest BCUT2D eigenvalue weighted by atomic mass is 9.79. The highest BCUT2D eigenvalue weighted by molar-refractivity contribution is 5.81. The van der Waals surface area contributed by atoms with Crippen LogP contribution in [0.15, 0.2) is 24.3 Å². The molecule has 0 atom stereocenters. The molecule has 150 valence electrons. The molecule has 0 aliphatic heterocycles. The smallest absolute Gasteiger partial charge is 0.234 e. The van der Waals surface area contributed by atoms with Crippen molar-refractivity contribution in [3.8, 4) is 0 Å². The summed E-state index contributed by atoms with van der Waals surface area (Å²) in [5, 5.41) is 5.90. The van der Waals surface area contributed by atoms with E-state index < -0.39 is 0 Å². The monoisotopic (exact) mass is 377 g/mol. The van der Waals surface area contributed by atoms with Gasteiger partial charge in [-0.1, -0.05) is 31.9 Å². The van der Waals surface area contributed by atoms with E-state index in [1.807, 2.05) is 37.8 Å². The Labute approximate surface area is 161 Å². The molecule has 1 aliphatic rings. The number of nitrogens with one attached hydrogen (secondary N) is 2. The van der Waals surface area contributed by atoms with Crippen LogP contribution < -0.4 is 10.6 Å². The Hall–Kier alpha value is -1.95. The third-order valence-corrected chi connectivity index (χ3v) is 5.27. The van der Waals surface area contributed by atoms with E-state index in [9.17, 15) is 14.0 Å². The van der Waals surface area contributed by atoms with Crippen molar-refractivity contribution in [1.82, 2.24) is 15.5 Å². The minimum atomic E-state index is -0.241. The summed E-state index contributed by atoms with van der Waals surface area (Å²) in [6, 6.07) is 6.73. The second-order valence-electron chi connectivity index (χ2n) is 7.80. The summed E-state index contributed by atoms with van der Waals surface area (Å²) in [6.45, 7) is 7.35. The molecule has 0 unspecified atom stereocenters. The lowest BCUT2D eigenvalue weighted by Crippen LogP contribution is -2.46. The second-order valence-corrected chi connectivity index (χ2v) is 7.80. The Bertz CT molecular complexity index is 625. The normalized spacial score (nSPS) is 15.9. The zero-order valence-electron chi connectivity index (χ0n) is 16.7. The van der Waals surface area contributed by atoms with Crippen LogP contribution in [-0.4, -0.2) is 48.9 Å². The molecule has 1 fully saturated rings. The predicted octanol–water partition coefficient (Wildman–Crippen LogP) is 2.60. The molecule has 2 rings (SSSR count). The molecule has 0 saturated heterocycles. The number of likely N-dealkylation sites (N-methyl/N-ethyl adjacent to an activating group) is 1. The van der Waals surface area contributed by atoms with Gasteiger partial charge in [-0.05, 0) is 50.9 Å². The average Bonchev–Trinajstić information content (AvgIpc) is 3.09. The fraction of sp³-hybridized carbons (Fsp3) is 0.619. The van der Waals surface area contributed by atoms with Crippen molar-refractivity contribution in [3.05, 3.63) is 35.6 Å². The topological polar surface area (TPSA) is 61.4 Å². The van der Waals surface area contributed by atoms with Gasteiger partial charge < -0.3 is 10.6 Å². The first-order valence-corrected chi connectivity index (χ1v) is 9.89. The van der Waals surface area contributed by atoms with Crippen LogP contribution in [0.3, 0.4) is 0 Å². The first-order chi connectivity index (χ1) is 12.8. The lowest BCUT2D eigenvalue weighted by molar-refractivity contribution is -0.125. The van der Waals surface area contributed by atoms with E-state index in [4.69, 9.17) is 0 Å². The molecule has 2 N–H and O–H groups in total. The quantitative estimate of drug-likeness (QED) is 0.695. The Balaban J connectivity index is 1.91. The van der Waals surface area contributed by atoms with Crippen molar-refractivity contribution < 1.29 is 14.0 Å². The molecule has 0 aromatic heterocycles. The zero-order chi connectivity index (χ0) is 19.9. The summed E-state index contributed by atoms with van der Waals surface area (Å²) in [5.41, 5.74) is 0.973. The van der Waals surface area contributed by atoms with Gasteiger partial charge in [0.15, 0.2) is 0 Å². The number of hydrogen-bond donors (Lipinski definition) is 2. The molecular formula is C21H32FN3O2. The van der Waals surface area contributed by atoms with Gasteiger partial charge in [-0.3, -0.25) is 14.5 Å². The Morgan fingerprint density at radius 2 is 1.70 bits per heavy atom. The van der Waals surface area contributed by atoms with E-state index in [0.29, 0.717) is 13.1 Å². The maximum atomic E-state index is 13.3. The lowest BCUT2D eigenvalue weighted by Gasteiger charge is -2.30. The molecule has 27 heavy (non-hydrogen) atoms. The van der Waals surface area contributed by atoms with Crippen molar-refractivity contribution in [3.63, 3.8) is 0 Å².